The molecule has 2 rings (SSSR count). The highest BCUT2D eigenvalue weighted by molar-refractivity contribution is 7.89. The summed E-state index contributed by atoms with van der Waals surface area (Å²) in [5, 5.41) is 9.67. The van der Waals surface area contributed by atoms with Crippen molar-refractivity contribution in [3.8, 4) is 5.69 Å². The van der Waals surface area contributed by atoms with E-state index in [4.69, 9.17) is 16.7 Å². The molecule has 5 nitrogen and oxygen atoms in total. The fourth-order valence-electron chi connectivity index (χ4n) is 1.52. The Morgan fingerprint density at radius 2 is 1.88 bits per heavy atom. The molecule has 17 heavy (non-hydrogen) atoms. The lowest BCUT2D eigenvalue weighted by atomic mass is 10.3. The van der Waals surface area contributed by atoms with Gasteiger partial charge in [0, 0.05) is 5.02 Å². The van der Waals surface area contributed by atoms with Gasteiger partial charge in [0.2, 0.25) is 10.0 Å². The largest absolute Gasteiger partial charge is 0.241 e. The van der Waals surface area contributed by atoms with Crippen LogP contribution in [-0.2, 0) is 10.0 Å². The third-order valence-electron chi connectivity index (χ3n) is 2.34. The lowest BCUT2D eigenvalue weighted by Crippen LogP contribution is -2.13. The summed E-state index contributed by atoms with van der Waals surface area (Å²) in [5.74, 6) is 0. The fraction of sp³-hybridized carbons (Fsp3) is 0.100. The molecule has 0 fully saturated rings. The molecule has 0 aliphatic carbocycles. The van der Waals surface area contributed by atoms with Gasteiger partial charge in [0.15, 0.2) is 0 Å². The van der Waals surface area contributed by atoms with Crippen molar-refractivity contribution in [1.82, 2.24) is 9.78 Å². The maximum atomic E-state index is 11.3. The van der Waals surface area contributed by atoms with Crippen LogP contribution in [0.15, 0.2) is 35.4 Å². The molecule has 90 valence electrons. The van der Waals surface area contributed by atoms with Crippen LogP contribution in [0.3, 0.4) is 0 Å². The third kappa shape index (κ3) is 2.33. The van der Waals surface area contributed by atoms with Crippen LogP contribution >= 0.6 is 11.6 Å². The molecule has 0 saturated heterocycles. The lowest BCUT2D eigenvalue weighted by molar-refractivity contribution is 0.597. The smallest absolute Gasteiger partial charge is 0.237 e. The first kappa shape index (κ1) is 12.1. The molecule has 0 unspecified atom stereocenters. The molecular formula is C10H10ClN3O2S. The Hall–Kier alpha value is -1.37. The second-order valence-corrected chi connectivity index (χ2v) is 5.49. The van der Waals surface area contributed by atoms with Crippen molar-refractivity contribution in [1.29, 1.82) is 0 Å². The van der Waals surface area contributed by atoms with Crippen LogP contribution < -0.4 is 5.14 Å². The fourth-order valence-corrected chi connectivity index (χ4v) is 2.33. The number of rotatable bonds is 2. The minimum absolute atomic E-state index is 0.0208. The number of nitrogens with two attached hydrogens (primary N) is 1. The molecule has 0 bridgehead atoms. The number of nitrogens with zero attached hydrogens (tertiary/aromatic N) is 2. The van der Waals surface area contributed by atoms with Crippen LogP contribution in [0.25, 0.3) is 5.69 Å². The van der Waals surface area contributed by atoms with E-state index in [1.807, 2.05) is 0 Å². The predicted molar refractivity (Wildman–Crippen MR) is 64.7 cm³/mol. The van der Waals surface area contributed by atoms with Gasteiger partial charge in [-0.1, -0.05) is 11.6 Å². The minimum atomic E-state index is -3.74. The van der Waals surface area contributed by atoms with Crippen LogP contribution in [0, 0.1) is 6.92 Å². The zero-order valence-corrected chi connectivity index (χ0v) is 10.5. The van der Waals surface area contributed by atoms with Gasteiger partial charge in [-0.2, -0.15) is 5.10 Å². The number of sulfonamides is 1. The normalized spacial score (nSPS) is 11.7. The van der Waals surface area contributed by atoms with Gasteiger partial charge in [0.05, 0.1) is 17.6 Å². The van der Waals surface area contributed by atoms with Crippen LogP contribution in [0.1, 0.15) is 5.69 Å². The second kappa shape index (κ2) is 4.14. The molecule has 1 heterocycles. The van der Waals surface area contributed by atoms with E-state index >= 15 is 0 Å². The van der Waals surface area contributed by atoms with Crippen LogP contribution in [-0.4, -0.2) is 18.2 Å². The lowest BCUT2D eigenvalue weighted by Gasteiger charge is -2.04. The van der Waals surface area contributed by atoms with Gasteiger partial charge in [0.25, 0.3) is 0 Å². The van der Waals surface area contributed by atoms with E-state index in [1.165, 1.54) is 10.9 Å². The van der Waals surface area contributed by atoms with Gasteiger partial charge in [-0.25, -0.2) is 18.2 Å². The average Bonchev–Trinajstić information content (AvgIpc) is 2.61. The number of hydrogen-bond acceptors (Lipinski definition) is 3. The topological polar surface area (TPSA) is 78.0 Å². The average molecular weight is 272 g/mol. The summed E-state index contributed by atoms with van der Waals surface area (Å²) in [7, 11) is -3.74. The number of hydrogen-bond donors (Lipinski definition) is 1. The minimum Gasteiger partial charge on any atom is -0.237 e. The van der Waals surface area contributed by atoms with Gasteiger partial charge in [0.1, 0.15) is 4.90 Å². The molecule has 0 radical (unpaired) electrons. The van der Waals surface area contributed by atoms with Gasteiger partial charge in [-0.15, -0.1) is 0 Å². The Kier molecular flexibility index (Phi) is 2.94. The van der Waals surface area contributed by atoms with E-state index in [2.05, 4.69) is 5.10 Å². The SMILES string of the molecule is Cc1c(S(N)(=O)=O)cnn1-c1ccc(Cl)cc1. The first-order valence-corrected chi connectivity index (χ1v) is 6.65. The zero-order chi connectivity index (χ0) is 12.6. The van der Waals surface area contributed by atoms with Crippen molar-refractivity contribution in [2.24, 2.45) is 5.14 Å². The van der Waals surface area contributed by atoms with Crippen molar-refractivity contribution in [3.63, 3.8) is 0 Å². The Bertz CT molecular complexity index is 647. The molecule has 0 amide bonds. The summed E-state index contributed by atoms with van der Waals surface area (Å²) >= 11 is 5.77. The Morgan fingerprint density at radius 3 is 2.35 bits per heavy atom. The first-order valence-electron chi connectivity index (χ1n) is 4.73. The standard InChI is InChI=1S/C10H10ClN3O2S/c1-7-10(17(12,15)16)6-13-14(7)9-4-2-8(11)3-5-9/h2-6H,1H3,(H2,12,15,16). The molecule has 0 spiro atoms. The molecule has 7 heteroatoms. The molecule has 0 atom stereocenters. The molecule has 0 aliphatic rings. The highest BCUT2D eigenvalue weighted by atomic mass is 35.5. The summed E-state index contributed by atoms with van der Waals surface area (Å²) in [6.45, 7) is 1.64. The summed E-state index contributed by atoms with van der Waals surface area (Å²) in [6.07, 6.45) is 1.24. The number of aromatic nitrogens is 2. The Labute approximate surface area is 104 Å². The summed E-state index contributed by atoms with van der Waals surface area (Å²) < 4.78 is 24.0. The summed E-state index contributed by atoms with van der Waals surface area (Å²) in [5.41, 5.74) is 1.19. The van der Waals surface area contributed by atoms with Gasteiger partial charge < -0.3 is 0 Å². The van der Waals surface area contributed by atoms with Crippen molar-refractivity contribution in [3.05, 3.63) is 41.2 Å². The monoisotopic (exact) mass is 271 g/mol. The van der Waals surface area contributed by atoms with E-state index in [0.717, 1.165) is 5.69 Å². The predicted octanol–water partition coefficient (Wildman–Crippen LogP) is 1.48. The molecule has 0 saturated carbocycles. The van der Waals surface area contributed by atoms with E-state index in [1.54, 1.807) is 31.2 Å². The Balaban J connectivity index is 2.55. The van der Waals surface area contributed by atoms with E-state index < -0.39 is 10.0 Å². The Morgan fingerprint density at radius 1 is 1.29 bits per heavy atom. The molecule has 1 aromatic carbocycles. The molecular weight excluding hydrogens is 262 g/mol. The maximum absolute atomic E-state index is 11.3. The summed E-state index contributed by atoms with van der Waals surface area (Å²) in [4.78, 5) is 0.0208. The second-order valence-electron chi connectivity index (χ2n) is 3.53. The van der Waals surface area contributed by atoms with Crippen molar-refractivity contribution in [2.75, 3.05) is 0 Å². The van der Waals surface area contributed by atoms with Gasteiger partial charge >= 0.3 is 0 Å². The van der Waals surface area contributed by atoms with Gasteiger partial charge in [-0.05, 0) is 31.2 Å². The molecule has 1 aromatic heterocycles. The molecule has 0 aliphatic heterocycles. The van der Waals surface area contributed by atoms with Gasteiger partial charge in [-0.3, -0.25) is 0 Å². The third-order valence-corrected chi connectivity index (χ3v) is 3.61. The quantitative estimate of drug-likeness (QED) is 0.899. The van der Waals surface area contributed by atoms with Crippen LogP contribution in [0.2, 0.25) is 5.02 Å². The molecule has 2 N–H and O–H groups in total. The van der Waals surface area contributed by atoms with Crippen LogP contribution in [0.5, 0.6) is 0 Å². The zero-order valence-electron chi connectivity index (χ0n) is 8.96. The van der Waals surface area contributed by atoms with Crippen molar-refractivity contribution in [2.45, 2.75) is 11.8 Å². The molecule has 2 aromatic rings. The van der Waals surface area contributed by atoms with E-state index in [-0.39, 0.29) is 4.90 Å². The van der Waals surface area contributed by atoms with E-state index in [0.29, 0.717) is 10.7 Å². The number of primary sulfonamides is 1. The highest BCUT2D eigenvalue weighted by Crippen LogP contribution is 2.18. The maximum Gasteiger partial charge on any atom is 0.241 e. The number of benzene rings is 1. The van der Waals surface area contributed by atoms with Crippen molar-refractivity contribution >= 4 is 21.6 Å². The van der Waals surface area contributed by atoms with Crippen LogP contribution in [0.4, 0.5) is 0 Å². The first-order chi connectivity index (χ1) is 7.89. The van der Waals surface area contributed by atoms with Crippen molar-refractivity contribution < 1.29 is 8.42 Å². The van der Waals surface area contributed by atoms with E-state index in [9.17, 15) is 8.42 Å². The number of halogens is 1. The summed E-state index contributed by atoms with van der Waals surface area (Å²) in [6, 6.07) is 6.90. The highest BCUT2D eigenvalue weighted by Gasteiger charge is 2.16.